The third-order valence-corrected chi connectivity index (χ3v) is 2.95. The van der Waals surface area contributed by atoms with Gasteiger partial charge in [0.15, 0.2) is 0 Å². The summed E-state index contributed by atoms with van der Waals surface area (Å²) in [6.45, 7) is 2.15. The molecule has 0 aliphatic heterocycles. The van der Waals surface area contributed by atoms with Gasteiger partial charge in [-0.1, -0.05) is 43.0 Å². The van der Waals surface area contributed by atoms with Crippen LogP contribution >= 0.6 is 23.2 Å². The van der Waals surface area contributed by atoms with Gasteiger partial charge < -0.3 is 4.90 Å². The van der Waals surface area contributed by atoms with E-state index in [4.69, 9.17) is 23.2 Å². The molecule has 1 rings (SSSR count). The van der Waals surface area contributed by atoms with E-state index in [1.165, 1.54) is 0 Å². The summed E-state index contributed by atoms with van der Waals surface area (Å²) in [4.78, 5) is 14.1. The van der Waals surface area contributed by atoms with E-state index in [-0.39, 0.29) is 5.95 Å². The van der Waals surface area contributed by atoms with Crippen molar-refractivity contribution in [3.05, 3.63) is 15.9 Å². The molecule has 0 amide bonds. The lowest BCUT2D eigenvalue weighted by molar-refractivity contribution is 0.642. The second kappa shape index (κ2) is 7.54. The van der Waals surface area contributed by atoms with Crippen molar-refractivity contribution in [3.63, 3.8) is 0 Å². The second-order valence-corrected chi connectivity index (χ2v) is 4.97. The summed E-state index contributed by atoms with van der Waals surface area (Å²) in [5.41, 5.74) is 0.815. The monoisotopic (exact) mass is 288 g/mol. The smallest absolute Gasteiger partial charge is 0.253 e. The molecule has 1 aromatic heterocycles. The van der Waals surface area contributed by atoms with E-state index in [0.717, 1.165) is 31.2 Å². The zero-order valence-electron chi connectivity index (χ0n) is 11.0. The molecule has 0 atom stereocenters. The second-order valence-electron chi connectivity index (χ2n) is 4.25. The van der Waals surface area contributed by atoms with Gasteiger partial charge in [-0.05, 0) is 12.8 Å². The predicted molar refractivity (Wildman–Crippen MR) is 77.1 cm³/mol. The van der Waals surface area contributed by atoms with Gasteiger partial charge in [-0.2, -0.15) is 9.97 Å². The molecule has 1 heterocycles. The van der Waals surface area contributed by atoms with Crippen LogP contribution in [0.1, 0.15) is 31.7 Å². The van der Waals surface area contributed by atoms with E-state index in [1.54, 1.807) is 11.2 Å². The minimum atomic E-state index is 0.290. The number of rotatable bonds is 6. The van der Waals surface area contributed by atoms with Gasteiger partial charge in [-0.3, -0.25) is 0 Å². The molecular formula is C12H18Cl2N4. The van der Waals surface area contributed by atoms with Gasteiger partial charge in [0.2, 0.25) is 0 Å². The van der Waals surface area contributed by atoms with Crippen LogP contribution in [0, 0.1) is 0 Å². The Morgan fingerprint density at radius 3 is 2.28 bits per heavy atom. The maximum absolute atomic E-state index is 6.11. The fourth-order valence-electron chi connectivity index (χ4n) is 1.40. The molecule has 0 spiro atoms. The zero-order valence-corrected chi connectivity index (χ0v) is 12.5. The summed E-state index contributed by atoms with van der Waals surface area (Å²) in [6.07, 6.45) is 5.76. The predicted octanol–water partition coefficient (Wildman–Crippen LogP) is 3.74. The Kier molecular flexibility index (Phi) is 6.36. The Labute approximate surface area is 118 Å². The normalized spacial score (nSPS) is 11.2. The molecule has 100 valence electrons. The van der Waals surface area contributed by atoms with Crippen molar-refractivity contribution in [1.82, 2.24) is 14.9 Å². The first-order valence-corrected chi connectivity index (χ1v) is 6.72. The zero-order chi connectivity index (χ0) is 13.5. The van der Waals surface area contributed by atoms with Crippen molar-refractivity contribution >= 4 is 35.5 Å². The molecule has 18 heavy (non-hydrogen) atoms. The summed E-state index contributed by atoms with van der Waals surface area (Å²) < 4.78 is 0. The van der Waals surface area contributed by atoms with E-state index >= 15 is 0 Å². The molecule has 0 bridgehead atoms. The van der Waals surface area contributed by atoms with Crippen molar-refractivity contribution in [3.8, 4) is 0 Å². The van der Waals surface area contributed by atoms with E-state index in [1.807, 2.05) is 14.1 Å². The lowest BCUT2D eigenvalue weighted by atomic mass is 10.1. The molecule has 0 aliphatic rings. The van der Waals surface area contributed by atoms with Crippen LogP contribution in [0.4, 0.5) is 5.95 Å². The number of aliphatic imine (C=N–C) groups is 1. The van der Waals surface area contributed by atoms with Gasteiger partial charge in [0.1, 0.15) is 10.3 Å². The van der Waals surface area contributed by atoms with E-state index in [0.29, 0.717) is 10.3 Å². The highest BCUT2D eigenvalue weighted by Gasteiger charge is 2.10. The third-order valence-electron chi connectivity index (χ3n) is 2.33. The number of hydrogen-bond acceptors (Lipinski definition) is 3. The fourth-order valence-corrected chi connectivity index (χ4v) is 1.97. The first-order valence-electron chi connectivity index (χ1n) is 5.97. The van der Waals surface area contributed by atoms with E-state index in [2.05, 4.69) is 21.9 Å². The Balaban J connectivity index is 2.83. The highest BCUT2D eigenvalue weighted by Crippen LogP contribution is 2.25. The van der Waals surface area contributed by atoms with Crippen molar-refractivity contribution in [2.24, 2.45) is 4.99 Å². The summed E-state index contributed by atoms with van der Waals surface area (Å²) in [6, 6.07) is 0. The van der Waals surface area contributed by atoms with Gasteiger partial charge >= 0.3 is 0 Å². The van der Waals surface area contributed by atoms with E-state index < -0.39 is 0 Å². The summed E-state index contributed by atoms with van der Waals surface area (Å²) in [5, 5.41) is 0.800. The number of halogens is 2. The Bertz CT molecular complexity index is 396. The third kappa shape index (κ3) is 4.78. The largest absolute Gasteiger partial charge is 0.369 e. The maximum Gasteiger partial charge on any atom is 0.253 e. The van der Waals surface area contributed by atoms with Gasteiger partial charge in [-0.15, -0.1) is 0 Å². The summed E-state index contributed by atoms with van der Waals surface area (Å²) >= 11 is 12.2. The van der Waals surface area contributed by atoms with Gasteiger partial charge in [0.05, 0.1) is 6.34 Å². The van der Waals surface area contributed by atoms with Gasteiger partial charge in [0.25, 0.3) is 5.95 Å². The van der Waals surface area contributed by atoms with Gasteiger partial charge in [0, 0.05) is 19.7 Å². The molecule has 6 heteroatoms. The van der Waals surface area contributed by atoms with Crippen molar-refractivity contribution in [1.29, 1.82) is 0 Å². The van der Waals surface area contributed by atoms with Crippen LogP contribution in [0.5, 0.6) is 0 Å². The average molecular weight is 289 g/mol. The highest BCUT2D eigenvalue weighted by molar-refractivity contribution is 6.34. The summed E-state index contributed by atoms with van der Waals surface area (Å²) in [7, 11) is 3.73. The minimum absolute atomic E-state index is 0.290. The molecule has 1 aromatic rings. The fraction of sp³-hybridized carbons (Fsp3) is 0.583. The number of nitrogens with zero attached hydrogens (tertiary/aromatic N) is 4. The first kappa shape index (κ1) is 15.2. The standard InChI is InChI=1S/C12H18Cl2N4/c1-4-5-6-7-9-10(13)16-12(17-11(9)14)15-8-18(2)3/h8H,4-7H2,1-3H3/b15-8+. The Hall–Kier alpha value is -0.870. The van der Waals surface area contributed by atoms with Crippen LogP contribution in [0.3, 0.4) is 0 Å². The van der Waals surface area contributed by atoms with Crippen molar-refractivity contribution < 1.29 is 0 Å². The van der Waals surface area contributed by atoms with Crippen LogP contribution in [0.2, 0.25) is 10.3 Å². The molecule has 0 saturated carbocycles. The molecule has 0 N–H and O–H groups in total. The van der Waals surface area contributed by atoms with Crippen LogP contribution in [0.25, 0.3) is 0 Å². The number of hydrogen-bond donors (Lipinski definition) is 0. The molecule has 0 fully saturated rings. The molecule has 0 radical (unpaired) electrons. The Morgan fingerprint density at radius 1 is 1.17 bits per heavy atom. The molecule has 0 unspecified atom stereocenters. The minimum Gasteiger partial charge on any atom is -0.369 e. The maximum atomic E-state index is 6.11. The van der Waals surface area contributed by atoms with Crippen molar-refractivity contribution in [2.75, 3.05) is 14.1 Å². The molecular weight excluding hydrogens is 271 g/mol. The number of aromatic nitrogens is 2. The van der Waals surface area contributed by atoms with Crippen LogP contribution < -0.4 is 0 Å². The highest BCUT2D eigenvalue weighted by atomic mass is 35.5. The molecule has 0 saturated heterocycles. The van der Waals surface area contributed by atoms with Crippen LogP contribution in [-0.4, -0.2) is 35.3 Å². The lowest BCUT2D eigenvalue weighted by Crippen LogP contribution is -2.07. The SMILES string of the molecule is CCCCCc1c(Cl)nc(/N=C/N(C)C)nc1Cl. The van der Waals surface area contributed by atoms with Crippen LogP contribution in [-0.2, 0) is 6.42 Å². The Morgan fingerprint density at radius 2 is 1.78 bits per heavy atom. The van der Waals surface area contributed by atoms with Gasteiger partial charge in [-0.25, -0.2) is 4.99 Å². The first-order chi connectivity index (χ1) is 8.54. The molecule has 0 aromatic carbocycles. The quantitative estimate of drug-likeness (QED) is 0.347. The molecule has 4 nitrogen and oxygen atoms in total. The topological polar surface area (TPSA) is 41.4 Å². The molecule has 0 aliphatic carbocycles. The van der Waals surface area contributed by atoms with Crippen molar-refractivity contribution in [2.45, 2.75) is 32.6 Å². The lowest BCUT2D eigenvalue weighted by Gasteiger charge is -2.06. The average Bonchev–Trinajstić information content (AvgIpc) is 2.30. The summed E-state index contributed by atoms with van der Waals surface area (Å²) in [5.74, 6) is 0.290. The number of unbranched alkanes of at least 4 members (excludes halogenated alkanes) is 2. The van der Waals surface area contributed by atoms with Crippen LogP contribution in [0.15, 0.2) is 4.99 Å². The van der Waals surface area contributed by atoms with E-state index in [9.17, 15) is 0 Å².